The number of hydrogen-bond donors (Lipinski definition) is 3. The van der Waals surface area contributed by atoms with Crippen molar-refractivity contribution in [2.45, 2.75) is 58.4 Å². The van der Waals surface area contributed by atoms with Crippen LogP contribution in [0.1, 0.15) is 57.9 Å². The molecule has 4 N–H and O–H groups in total. The minimum absolute atomic E-state index is 0.0293. The first-order valence-corrected chi connectivity index (χ1v) is 14.0. The highest BCUT2D eigenvalue weighted by Crippen LogP contribution is 2.40. The maximum atomic E-state index is 15.8. The van der Waals surface area contributed by atoms with E-state index in [1.165, 1.54) is 18.6 Å². The summed E-state index contributed by atoms with van der Waals surface area (Å²) in [7, 11) is -4.35. The molecule has 0 radical (unpaired) electrons. The molecule has 0 aromatic heterocycles. The average Bonchev–Trinajstić information content (AvgIpc) is 3.30. The molecule has 1 unspecified atom stereocenters. The number of carbonyl (C=O) groups excluding carboxylic acids is 3. The molecule has 3 aliphatic rings. The van der Waals surface area contributed by atoms with E-state index in [-0.39, 0.29) is 36.4 Å². The summed E-state index contributed by atoms with van der Waals surface area (Å²) in [5.41, 5.74) is 5.39. The smallest absolute Gasteiger partial charge is 0.326 e. The van der Waals surface area contributed by atoms with Gasteiger partial charge in [0.15, 0.2) is 5.82 Å². The summed E-state index contributed by atoms with van der Waals surface area (Å²) < 4.78 is 42.6. The SMILES string of the molecule is CC(C)C(CC(=O)N1CC(c2ccc(O)c(N3CC(=O)NS3(=O)=O)c2F)=C[C@H]1CCC1CCC1)C(N)=O. The fourth-order valence-electron chi connectivity index (χ4n) is 5.21. The Hall–Kier alpha value is -3.15. The standard InChI is InChI=1S/C25H33FN4O6S/c1-14(2)19(25(27)34)11-22(33)29-12-16(10-17(29)7-6-15-4-3-5-15)18-8-9-20(31)24(23(18)26)30-13-21(32)28-37(30,35)36/h8-10,14-15,17,19,31H,3-7,11-13H2,1-2H3,(H2,27,34)(H,28,32)/t17-,19?/m1/s1. The summed E-state index contributed by atoms with van der Waals surface area (Å²) in [5.74, 6) is -3.46. The van der Waals surface area contributed by atoms with Crippen LogP contribution in [0.3, 0.4) is 0 Å². The number of nitrogens with zero attached hydrogens (tertiary/aromatic N) is 2. The van der Waals surface area contributed by atoms with Crippen molar-refractivity contribution in [2.75, 3.05) is 17.4 Å². The van der Waals surface area contributed by atoms with E-state index in [1.54, 1.807) is 15.7 Å². The van der Waals surface area contributed by atoms with Crippen molar-refractivity contribution in [2.24, 2.45) is 23.5 Å². The molecule has 1 saturated heterocycles. The van der Waals surface area contributed by atoms with Crippen molar-refractivity contribution in [3.05, 3.63) is 29.6 Å². The Morgan fingerprint density at radius 1 is 1.22 bits per heavy atom. The van der Waals surface area contributed by atoms with Crippen LogP contribution in [-0.2, 0) is 24.6 Å². The summed E-state index contributed by atoms with van der Waals surface area (Å²) in [6.07, 6.45) is 6.79. The second-order valence-electron chi connectivity index (χ2n) is 10.4. The molecule has 1 aromatic rings. The minimum atomic E-state index is -4.35. The minimum Gasteiger partial charge on any atom is -0.506 e. The Labute approximate surface area is 215 Å². The summed E-state index contributed by atoms with van der Waals surface area (Å²) in [4.78, 5) is 38.6. The maximum Gasteiger partial charge on any atom is 0.326 e. The van der Waals surface area contributed by atoms with E-state index in [9.17, 15) is 27.9 Å². The van der Waals surface area contributed by atoms with Crippen molar-refractivity contribution in [3.63, 3.8) is 0 Å². The van der Waals surface area contributed by atoms with E-state index >= 15 is 4.39 Å². The first-order valence-electron chi connectivity index (χ1n) is 12.5. The van der Waals surface area contributed by atoms with Gasteiger partial charge in [0, 0.05) is 24.4 Å². The van der Waals surface area contributed by atoms with Crippen LogP contribution in [0, 0.1) is 23.6 Å². The van der Waals surface area contributed by atoms with Crippen LogP contribution in [0.5, 0.6) is 5.75 Å². The number of nitrogens with one attached hydrogen (secondary N) is 1. The van der Waals surface area contributed by atoms with E-state index in [2.05, 4.69) is 0 Å². The van der Waals surface area contributed by atoms with E-state index in [0.717, 1.165) is 19.3 Å². The fourth-order valence-corrected chi connectivity index (χ4v) is 6.37. The van der Waals surface area contributed by atoms with Gasteiger partial charge in [-0.25, -0.2) is 13.4 Å². The highest BCUT2D eigenvalue weighted by molar-refractivity contribution is 7.92. The first kappa shape index (κ1) is 26.9. The van der Waals surface area contributed by atoms with Crippen LogP contribution in [0.4, 0.5) is 10.1 Å². The lowest BCUT2D eigenvalue weighted by Gasteiger charge is -2.30. The zero-order chi connectivity index (χ0) is 27.1. The molecule has 2 fully saturated rings. The van der Waals surface area contributed by atoms with Gasteiger partial charge in [-0.1, -0.05) is 39.2 Å². The zero-order valence-corrected chi connectivity index (χ0v) is 21.8. The summed E-state index contributed by atoms with van der Waals surface area (Å²) in [5, 5.41) is 10.3. The number of nitrogens with two attached hydrogens (primary N) is 1. The molecular weight excluding hydrogens is 503 g/mol. The number of phenolic OH excluding ortho intramolecular Hbond substituents is 1. The Kier molecular flexibility index (Phi) is 7.50. The quantitative estimate of drug-likeness (QED) is 0.440. The number of amides is 3. The van der Waals surface area contributed by atoms with E-state index in [4.69, 9.17) is 5.73 Å². The van der Waals surface area contributed by atoms with Gasteiger partial charge >= 0.3 is 10.2 Å². The van der Waals surface area contributed by atoms with Crippen molar-refractivity contribution in [1.82, 2.24) is 9.62 Å². The molecule has 0 spiro atoms. The molecule has 1 saturated carbocycles. The van der Waals surface area contributed by atoms with Crippen molar-refractivity contribution < 1.29 is 32.3 Å². The summed E-state index contributed by atoms with van der Waals surface area (Å²) in [6, 6.07) is 2.18. The Morgan fingerprint density at radius 2 is 1.92 bits per heavy atom. The van der Waals surface area contributed by atoms with Crippen LogP contribution >= 0.6 is 0 Å². The van der Waals surface area contributed by atoms with Crippen LogP contribution in [-0.4, -0.2) is 55.3 Å². The predicted octanol–water partition coefficient (Wildman–Crippen LogP) is 2.03. The molecule has 2 aliphatic heterocycles. The normalized spacial score (nSPS) is 22.1. The molecule has 12 heteroatoms. The largest absolute Gasteiger partial charge is 0.506 e. The number of primary amides is 1. The molecule has 0 bridgehead atoms. The van der Waals surface area contributed by atoms with Gasteiger partial charge in [0.25, 0.3) is 5.91 Å². The Balaban J connectivity index is 1.64. The molecule has 2 heterocycles. The Morgan fingerprint density at radius 3 is 2.46 bits per heavy atom. The molecule has 1 aliphatic carbocycles. The van der Waals surface area contributed by atoms with Gasteiger partial charge in [0.1, 0.15) is 18.0 Å². The summed E-state index contributed by atoms with van der Waals surface area (Å²) in [6.45, 7) is 3.05. The number of anilines is 1. The fraction of sp³-hybridized carbons (Fsp3) is 0.560. The van der Waals surface area contributed by atoms with Gasteiger partial charge in [-0.05, 0) is 42.4 Å². The van der Waals surface area contributed by atoms with Crippen LogP contribution in [0.2, 0.25) is 0 Å². The Bertz CT molecular complexity index is 1240. The number of carbonyl (C=O) groups is 3. The molecule has 10 nitrogen and oxygen atoms in total. The molecule has 4 rings (SSSR count). The van der Waals surface area contributed by atoms with Gasteiger partial charge in [-0.15, -0.1) is 0 Å². The van der Waals surface area contributed by atoms with Crippen LogP contribution in [0.15, 0.2) is 18.2 Å². The highest BCUT2D eigenvalue weighted by Gasteiger charge is 2.39. The van der Waals surface area contributed by atoms with Gasteiger partial charge in [-0.3, -0.25) is 14.4 Å². The van der Waals surface area contributed by atoms with Gasteiger partial charge in [0.05, 0.1) is 6.04 Å². The second-order valence-corrected chi connectivity index (χ2v) is 12.0. The lowest BCUT2D eigenvalue weighted by atomic mass is 9.81. The number of benzene rings is 1. The molecule has 3 amide bonds. The van der Waals surface area contributed by atoms with Crippen molar-refractivity contribution in [3.8, 4) is 5.75 Å². The summed E-state index contributed by atoms with van der Waals surface area (Å²) >= 11 is 0. The van der Waals surface area contributed by atoms with Crippen molar-refractivity contribution in [1.29, 1.82) is 0 Å². The monoisotopic (exact) mass is 536 g/mol. The zero-order valence-electron chi connectivity index (χ0n) is 20.9. The predicted molar refractivity (Wildman–Crippen MR) is 135 cm³/mol. The maximum absolute atomic E-state index is 15.8. The van der Waals surface area contributed by atoms with Gasteiger partial charge in [0.2, 0.25) is 11.8 Å². The second kappa shape index (κ2) is 10.3. The first-order chi connectivity index (χ1) is 17.4. The molecular formula is C25H33FN4O6S. The van der Waals surface area contributed by atoms with Crippen LogP contribution in [0.25, 0.3) is 5.57 Å². The van der Waals surface area contributed by atoms with E-state index in [1.807, 2.05) is 13.8 Å². The van der Waals surface area contributed by atoms with E-state index in [0.29, 0.717) is 22.2 Å². The van der Waals surface area contributed by atoms with Crippen molar-refractivity contribution >= 4 is 39.2 Å². The van der Waals surface area contributed by atoms with E-state index < -0.39 is 51.7 Å². The number of rotatable bonds is 9. The molecule has 2 atom stereocenters. The highest BCUT2D eigenvalue weighted by atomic mass is 32.2. The van der Waals surface area contributed by atoms with Gasteiger partial charge in [-0.2, -0.15) is 8.42 Å². The third-order valence-corrected chi connectivity index (χ3v) is 9.00. The third kappa shape index (κ3) is 5.43. The molecule has 202 valence electrons. The lowest BCUT2D eigenvalue weighted by molar-refractivity contribution is -0.136. The number of halogens is 1. The van der Waals surface area contributed by atoms with Crippen LogP contribution < -0.4 is 14.8 Å². The molecule has 1 aromatic carbocycles. The number of aromatic hydroxyl groups is 1. The third-order valence-electron chi connectivity index (χ3n) is 7.63. The van der Waals surface area contributed by atoms with Gasteiger partial charge < -0.3 is 15.7 Å². The number of hydrogen-bond acceptors (Lipinski definition) is 6. The molecule has 37 heavy (non-hydrogen) atoms. The topological polar surface area (TPSA) is 150 Å². The average molecular weight is 537 g/mol. The lowest BCUT2D eigenvalue weighted by Crippen LogP contribution is -2.40. The number of phenols is 1.